The Bertz CT molecular complexity index is 1330. The van der Waals surface area contributed by atoms with Crippen LogP contribution in [0.2, 0.25) is 0 Å². The number of fused-ring (bicyclic) bond motifs is 2. The summed E-state index contributed by atoms with van der Waals surface area (Å²) in [6, 6.07) is 4.25. The van der Waals surface area contributed by atoms with Gasteiger partial charge in [0.15, 0.2) is 5.82 Å². The van der Waals surface area contributed by atoms with E-state index in [1.54, 1.807) is 17.8 Å². The van der Waals surface area contributed by atoms with E-state index in [0.29, 0.717) is 18.6 Å². The Labute approximate surface area is 216 Å². The Morgan fingerprint density at radius 1 is 1.16 bits per heavy atom. The van der Waals surface area contributed by atoms with Crippen molar-refractivity contribution in [1.82, 2.24) is 24.5 Å². The van der Waals surface area contributed by atoms with Crippen LogP contribution in [-0.2, 0) is 36.0 Å². The number of carbonyl (C=O) groups is 1. The highest BCUT2D eigenvalue weighted by Crippen LogP contribution is 2.40. The molecule has 0 bridgehead atoms. The number of nitrogens with zero attached hydrogens (tertiary/aromatic N) is 6. The monoisotopic (exact) mass is 504 g/mol. The molecule has 5 heterocycles. The maximum Gasteiger partial charge on any atom is 0.489 e. The number of carbonyl (C=O) groups excluding carboxylic acids is 1. The van der Waals surface area contributed by atoms with Gasteiger partial charge in [-0.15, -0.1) is 0 Å². The first-order valence-corrected chi connectivity index (χ1v) is 13.1. The predicted molar refractivity (Wildman–Crippen MR) is 140 cm³/mol. The number of ether oxygens (including phenoxy) is 1. The van der Waals surface area contributed by atoms with E-state index in [2.05, 4.69) is 20.7 Å². The van der Waals surface area contributed by atoms with Crippen molar-refractivity contribution in [1.29, 1.82) is 0 Å². The molecule has 11 heteroatoms. The predicted octanol–water partition coefficient (Wildman–Crippen LogP) is 1.30. The van der Waals surface area contributed by atoms with Crippen LogP contribution in [0, 0.1) is 0 Å². The first-order valence-electron chi connectivity index (χ1n) is 13.1. The van der Waals surface area contributed by atoms with Crippen LogP contribution in [0.25, 0.3) is 11.1 Å². The Morgan fingerprint density at radius 2 is 1.97 bits per heavy atom. The quantitative estimate of drug-likeness (QED) is 0.516. The van der Waals surface area contributed by atoms with E-state index in [0.717, 1.165) is 85.6 Å². The van der Waals surface area contributed by atoms with Crippen molar-refractivity contribution in [2.45, 2.75) is 51.6 Å². The average molecular weight is 504 g/mol. The number of rotatable bonds is 4. The zero-order valence-electron chi connectivity index (χ0n) is 21.4. The van der Waals surface area contributed by atoms with Crippen LogP contribution in [0.4, 0.5) is 11.5 Å². The molecule has 1 fully saturated rings. The van der Waals surface area contributed by atoms with Crippen molar-refractivity contribution in [2.24, 2.45) is 7.05 Å². The minimum atomic E-state index is -1.62. The molecule has 10 nitrogen and oxygen atoms in total. The first kappa shape index (κ1) is 24.2. The molecular formula is C26H33BN6O4. The van der Waals surface area contributed by atoms with E-state index in [-0.39, 0.29) is 11.9 Å². The number of hydrogen-bond acceptors (Lipinski definition) is 7. The maximum atomic E-state index is 12.3. The second-order valence-electron chi connectivity index (χ2n) is 10.3. The van der Waals surface area contributed by atoms with Crippen LogP contribution in [0.1, 0.15) is 49.0 Å². The third-order valence-corrected chi connectivity index (χ3v) is 7.97. The molecule has 1 saturated heterocycles. The lowest BCUT2D eigenvalue weighted by molar-refractivity contribution is -0.129. The van der Waals surface area contributed by atoms with Gasteiger partial charge in [-0.1, -0.05) is 0 Å². The summed E-state index contributed by atoms with van der Waals surface area (Å²) >= 11 is 0. The Morgan fingerprint density at radius 3 is 2.68 bits per heavy atom. The molecule has 3 aromatic rings. The smallest absolute Gasteiger partial charge is 0.423 e. The average Bonchev–Trinajstić information content (AvgIpc) is 3.51. The molecule has 1 aromatic carbocycles. The largest absolute Gasteiger partial charge is 0.489 e. The zero-order valence-corrected chi connectivity index (χ0v) is 21.4. The number of hydrogen-bond donors (Lipinski definition) is 2. The number of aromatic nitrogens is 4. The van der Waals surface area contributed by atoms with Crippen molar-refractivity contribution >= 4 is 30.0 Å². The lowest BCUT2D eigenvalue weighted by atomic mass is 9.74. The van der Waals surface area contributed by atoms with E-state index in [1.807, 2.05) is 24.2 Å². The first-order chi connectivity index (χ1) is 17.9. The highest BCUT2D eigenvalue weighted by atomic mass is 16.5. The van der Waals surface area contributed by atoms with E-state index in [1.165, 1.54) is 5.69 Å². The van der Waals surface area contributed by atoms with Gasteiger partial charge in [0.25, 0.3) is 0 Å². The minimum Gasteiger partial charge on any atom is -0.423 e. The Hall–Kier alpha value is -3.15. The molecule has 3 aliphatic rings. The summed E-state index contributed by atoms with van der Waals surface area (Å²) < 4.78 is 9.52. The molecule has 0 aliphatic carbocycles. The lowest BCUT2D eigenvalue weighted by Gasteiger charge is -2.33. The molecule has 0 unspecified atom stereocenters. The molecule has 6 rings (SSSR count). The Balaban J connectivity index is 1.47. The van der Waals surface area contributed by atoms with Crippen LogP contribution < -0.4 is 10.4 Å². The number of aryl methyl sites for hydroxylation is 2. The summed E-state index contributed by atoms with van der Waals surface area (Å²) in [5, 5.41) is 30.1. The van der Waals surface area contributed by atoms with E-state index < -0.39 is 7.12 Å². The highest BCUT2D eigenvalue weighted by molar-refractivity contribution is 6.60. The molecule has 0 radical (unpaired) electrons. The van der Waals surface area contributed by atoms with Gasteiger partial charge in [0.2, 0.25) is 5.91 Å². The maximum absolute atomic E-state index is 12.3. The summed E-state index contributed by atoms with van der Waals surface area (Å²) in [5.41, 5.74) is 6.47. The van der Waals surface area contributed by atoms with E-state index in [9.17, 15) is 14.8 Å². The van der Waals surface area contributed by atoms with Gasteiger partial charge < -0.3 is 24.6 Å². The second-order valence-corrected chi connectivity index (χ2v) is 10.3. The molecule has 37 heavy (non-hydrogen) atoms. The highest BCUT2D eigenvalue weighted by Gasteiger charge is 2.34. The fourth-order valence-corrected chi connectivity index (χ4v) is 6.04. The molecule has 194 valence electrons. The molecule has 0 spiro atoms. The topological polar surface area (TPSA) is 109 Å². The van der Waals surface area contributed by atoms with E-state index >= 15 is 0 Å². The molecule has 0 atom stereocenters. The summed E-state index contributed by atoms with van der Waals surface area (Å²) in [7, 11) is 0.229. The summed E-state index contributed by atoms with van der Waals surface area (Å²) in [6.07, 6.45) is 8.11. The standard InChI is InChI=1S/C26H33BN6O4/c1-17(34)31-9-5-24-22(16-31)26(29-33(24)20-6-10-37-11-7-20)32-8-3-4-18-12-21(19-14-28-30(2)15-19)23(27(35)36)13-25(18)32/h12-15,20,35-36H,3-11,16H2,1-2H3. The van der Waals surface area contributed by atoms with Gasteiger partial charge in [0.1, 0.15) is 0 Å². The van der Waals surface area contributed by atoms with Gasteiger partial charge in [-0.25, -0.2) is 0 Å². The van der Waals surface area contributed by atoms with Gasteiger partial charge >= 0.3 is 7.12 Å². The van der Waals surface area contributed by atoms with Crippen molar-refractivity contribution in [3.63, 3.8) is 0 Å². The van der Waals surface area contributed by atoms with Crippen LogP contribution in [0.15, 0.2) is 24.5 Å². The fourth-order valence-electron chi connectivity index (χ4n) is 6.04. The summed E-state index contributed by atoms with van der Waals surface area (Å²) in [6.45, 7) is 5.10. The molecule has 1 amide bonds. The van der Waals surface area contributed by atoms with Crippen LogP contribution in [0.5, 0.6) is 0 Å². The Kier molecular flexibility index (Phi) is 6.30. The molecular weight excluding hydrogens is 471 g/mol. The van der Waals surface area contributed by atoms with Crippen molar-refractivity contribution in [3.8, 4) is 11.1 Å². The number of anilines is 2. The fraction of sp³-hybridized carbons (Fsp3) is 0.500. The third-order valence-electron chi connectivity index (χ3n) is 7.97. The molecule has 2 aromatic heterocycles. The van der Waals surface area contributed by atoms with Gasteiger partial charge in [-0.3, -0.25) is 14.2 Å². The zero-order chi connectivity index (χ0) is 25.7. The summed E-state index contributed by atoms with van der Waals surface area (Å²) in [5.74, 6) is 0.946. The van der Waals surface area contributed by atoms with Crippen LogP contribution >= 0.6 is 0 Å². The number of amides is 1. The van der Waals surface area contributed by atoms with Crippen molar-refractivity contribution in [2.75, 3.05) is 31.2 Å². The van der Waals surface area contributed by atoms with Crippen LogP contribution in [-0.4, -0.2) is 73.8 Å². The molecule has 3 aliphatic heterocycles. The van der Waals surface area contributed by atoms with Gasteiger partial charge in [0, 0.05) is 75.4 Å². The van der Waals surface area contributed by atoms with Crippen molar-refractivity contribution in [3.05, 3.63) is 41.3 Å². The SMILES string of the molecule is CC(=O)N1CCc2c(c(N3CCCc4cc(-c5cnn(C)c5)c(B(O)O)cc43)nn2C2CCOCC2)C1. The van der Waals surface area contributed by atoms with E-state index in [4.69, 9.17) is 9.84 Å². The minimum absolute atomic E-state index is 0.0706. The third kappa shape index (κ3) is 4.34. The van der Waals surface area contributed by atoms with Gasteiger partial charge in [-0.2, -0.15) is 10.2 Å². The normalized spacial score (nSPS) is 18.1. The van der Waals surface area contributed by atoms with Crippen molar-refractivity contribution < 1.29 is 19.6 Å². The van der Waals surface area contributed by atoms with Crippen LogP contribution in [0.3, 0.4) is 0 Å². The molecule has 2 N–H and O–H groups in total. The lowest BCUT2D eigenvalue weighted by Crippen LogP contribution is -2.36. The summed E-state index contributed by atoms with van der Waals surface area (Å²) in [4.78, 5) is 16.4. The van der Waals surface area contributed by atoms with Gasteiger partial charge in [-0.05, 0) is 54.4 Å². The van der Waals surface area contributed by atoms with Gasteiger partial charge in [0.05, 0.1) is 18.8 Å². The number of benzene rings is 1. The molecule has 0 saturated carbocycles. The second kappa shape index (κ2) is 9.62.